The zero-order chi connectivity index (χ0) is 18.2. The Hall–Kier alpha value is -1.91. The van der Waals surface area contributed by atoms with Gasteiger partial charge in [0.15, 0.2) is 5.75 Å². The van der Waals surface area contributed by atoms with E-state index in [1.54, 1.807) is 31.4 Å². The second kappa shape index (κ2) is 9.54. The number of halogens is 2. The van der Waals surface area contributed by atoms with Crippen molar-refractivity contribution in [3.8, 4) is 11.5 Å². The Labute approximate surface area is 158 Å². The molecule has 0 radical (unpaired) electrons. The first-order valence-corrected chi connectivity index (χ1v) is 8.88. The summed E-state index contributed by atoms with van der Waals surface area (Å²) in [5.74, 6) is 0.656. The van der Waals surface area contributed by atoms with Gasteiger partial charge in [-0.1, -0.05) is 55.1 Å². The summed E-state index contributed by atoms with van der Waals surface area (Å²) < 4.78 is 10.9. The van der Waals surface area contributed by atoms with Crippen LogP contribution in [-0.4, -0.2) is 19.6 Å². The Bertz CT molecular complexity index is 711. The molecule has 0 aromatic heterocycles. The number of benzene rings is 2. The molecule has 134 valence electrons. The number of rotatable bonds is 8. The van der Waals surface area contributed by atoms with Crippen LogP contribution in [0.25, 0.3) is 0 Å². The van der Waals surface area contributed by atoms with Crippen LogP contribution in [0.2, 0.25) is 10.0 Å². The normalized spacial score (nSPS) is 10.4. The first kappa shape index (κ1) is 19.4. The molecule has 0 heterocycles. The third-order valence-corrected chi connectivity index (χ3v) is 4.17. The zero-order valence-electron chi connectivity index (χ0n) is 14.3. The van der Waals surface area contributed by atoms with Crippen LogP contribution in [-0.2, 0) is 0 Å². The van der Waals surface area contributed by atoms with E-state index in [-0.39, 0.29) is 5.91 Å². The Morgan fingerprint density at radius 3 is 2.44 bits per heavy atom. The van der Waals surface area contributed by atoms with Crippen LogP contribution < -0.4 is 14.8 Å². The first-order valence-electron chi connectivity index (χ1n) is 8.13. The molecule has 0 aliphatic heterocycles. The van der Waals surface area contributed by atoms with Gasteiger partial charge in [0.05, 0.1) is 29.4 Å². The largest absolute Gasteiger partial charge is 0.495 e. The molecule has 0 unspecified atom stereocenters. The van der Waals surface area contributed by atoms with Gasteiger partial charge >= 0.3 is 0 Å². The lowest BCUT2D eigenvalue weighted by Gasteiger charge is -2.13. The number of carbonyl (C=O) groups excluding carboxylic acids is 1. The summed E-state index contributed by atoms with van der Waals surface area (Å²) in [4.78, 5) is 12.5. The fraction of sp³-hybridized carbons (Fsp3) is 0.316. The number of nitrogens with one attached hydrogen (secondary N) is 1. The molecular formula is C19H21Cl2NO3. The smallest absolute Gasteiger partial charge is 0.255 e. The highest BCUT2D eigenvalue weighted by Gasteiger charge is 2.15. The summed E-state index contributed by atoms with van der Waals surface area (Å²) in [5, 5.41) is 3.42. The zero-order valence-corrected chi connectivity index (χ0v) is 15.8. The lowest BCUT2D eigenvalue weighted by Crippen LogP contribution is -2.13. The van der Waals surface area contributed by atoms with Crippen LogP contribution in [0, 0.1) is 0 Å². The highest BCUT2D eigenvalue weighted by molar-refractivity contribution is 6.37. The van der Waals surface area contributed by atoms with Crippen molar-refractivity contribution in [3.05, 3.63) is 52.0 Å². The summed E-state index contributed by atoms with van der Waals surface area (Å²) in [6, 6.07) is 10.3. The van der Waals surface area contributed by atoms with E-state index in [9.17, 15) is 4.79 Å². The number of amides is 1. The molecule has 1 amide bonds. The highest BCUT2D eigenvalue weighted by Crippen LogP contribution is 2.35. The van der Waals surface area contributed by atoms with E-state index < -0.39 is 0 Å². The quantitative estimate of drug-likeness (QED) is 0.585. The number of unbranched alkanes of at least 4 members (excludes halogenated alkanes) is 2. The summed E-state index contributed by atoms with van der Waals surface area (Å²) in [5.41, 5.74) is 0.920. The van der Waals surface area contributed by atoms with Crippen LogP contribution >= 0.6 is 23.2 Å². The molecule has 2 aromatic carbocycles. The fourth-order valence-electron chi connectivity index (χ4n) is 2.30. The first-order chi connectivity index (χ1) is 12.1. The van der Waals surface area contributed by atoms with Crippen molar-refractivity contribution in [2.75, 3.05) is 19.0 Å². The Kier molecular flexibility index (Phi) is 7.41. The minimum atomic E-state index is -0.328. The van der Waals surface area contributed by atoms with E-state index >= 15 is 0 Å². The summed E-state index contributed by atoms with van der Waals surface area (Å²) >= 11 is 12.5. The molecule has 1 N–H and O–H groups in total. The molecule has 2 rings (SSSR count). The van der Waals surface area contributed by atoms with Gasteiger partial charge in [0, 0.05) is 5.56 Å². The van der Waals surface area contributed by atoms with Gasteiger partial charge in [0.2, 0.25) is 0 Å². The summed E-state index contributed by atoms with van der Waals surface area (Å²) in [7, 11) is 1.55. The molecule has 0 aliphatic carbocycles. The molecule has 0 saturated carbocycles. The van der Waals surface area contributed by atoms with E-state index in [1.807, 2.05) is 12.1 Å². The minimum absolute atomic E-state index is 0.314. The number of hydrogen-bond donors (Lipinski definition) is 1. The molecule has 6 heteroatoms. The van der Waals surface area contributed by atoms with Crippen molar-refractivity contribution in [2.24, 2.45) is 0 Å². The lowest BCUT2D eigenvalue weighted by molar-refractivity contribution is 0.102. The fourth-order valence-corrected chi connectivity index (χ4v) is 2.89. The average Bonchev–Trinajstić information content (AvgIpc) is 2.60. The van der Waals surface area contributed by atoms with Crippen molar-refractivity contribution in [3.63, 3.8) is 0 Å². The van der Waals surface area contributed by atoms with E-state index in [0.29, 0.717) is 39.4 Å². The molecule has 0 aliphatic rings. The topological polar surface area (TPSA) is 47.6 Å². The Balaban J connectivity index is 2.12. The van der Waals surface area contributed by atoms with Crippen molar-refractivity contribution >= 4 is 34.8 Å². The van der Waals surface area contributed by atoms with Crippen LogP contribution in [0.5, 0.6) is 11.5 Å². The molecule has 0 fully saturated rings. The van der Waals surface area contributed by atoms with Crippen LogP contribution in [0.1, 0.15) is 36.5 Å². The predicted molar refractivity (Wildman–Crippen MR) is 102 cm³/mol. The van der Waals surface area contributed by atoms with Crippen LogP contribution in [0.3, 0.4) is 0 Å². The van der Waals surface area contributed by atoms with E-state index in [0.717, 1.165) is 19.3 Å². The maximum Gasteiger partial charge on any atom is 0.255 e. The van der Waals surface area contributed by atoms with Crippen LogP contribution in [0.4, 0.5) is 5.69 Å². The van der Waals surface area contributed by atoms with Crippen molar-refractivity contribution in [1.29, 1.82) is 0 Å². The number of hydrogen-bond acceptors (Lipinski definition) is 3. The van der Waals surface area contributed by atoms with Gasteiger partial charge in [-0.2, -0.15) is 0 Å². The molecule has 0 atom stereocenters. The highest BCUT2D eigenvalue weighted by atomic mass is 35.5. The predicted octanol–water partition coefficient (Wildman–Crippen LogP) is 5.82. The van der Waals surface area contributed by atoms with Crippen molar-refractivity contribution < 1.29 is 14.3 Å². The number of methoxy groups -OCH3 is 1. The second-order valence-corrected chi connectivity index (χ2v) is 6.29. The van der Waals surface area contributed by atoms with Gasteiger partial charge in [-0.15, -0.1) is 0 Å². The minimum Gasteiger partial charge on any atom is -0.495 e. The molecule has 2 aromatic rings. The SMILES string of the molecule is CCCCCOc1c(Cl)cc(C(=O)Nc2ccccc2OC)cc1Cl. The van der Waals surface area contributed by atoms with Crippen LogP contribution in [0.15, 0.2) is 36.4 Å². The monoisotopic (exact) mass is 381 g/mol. The third-order valence-electron chi connectivity index (χ3n) is 3.61. The average molecular weight is 382 g/mol. The molecular weight excluding hydrogens is 361 g/mol. The number of ether oxygens (including phenoxy) is 2. The van der Waals surface area contributed by atoms with Gasteiger partial charge < -0.3 is 14.8 Å². The van der Waals surface area contributed by atoms with Gasteiger partial charge in [-0.25, -0.2) is 0 Å². The summed E-state index contributed by atoms with van der Waals surface area (Å²) in [6.45, 7) is 2.66. The Morgan fingerprint density at radius 1 is 1.12 bits per heavy atom. The maximum absolute atomic E-state index is 12.5. The van der Waals surface area contributed by atoms with Gasteiger partial charge in [0.25, 0.3) is 5.91 Å². The van der Waals surface area contributed by atoms with E-state index in [1.165, 1.54) is 0 Å². The van der Waals surface area contributed by atoms with E-state index in [2.05, 4.69) is 12.2 Å². The number of anilines is 1. The van der Waals surface area contributed by atoms with E-state index in [4.69, 9.17) is 32.7 Å². The van der Waals surface area contributed by atoms with Gasteiger partial charge in [0.1, 0.15) is 5.75 Å². The number of carbonyl (C=O) groups is 1. The van der Waals surface area contributed by atoms with Crippen molar-refractivity contribution in [1.82, 2.24) is 0 Å². The maximum atomic E-state index is 12.5. The molecule has 0 spiro atoms. The standard InChI is InChI=1S/C19H21Cl2NO3/c1-3-4-7-10-25-18-14(20)11-13(12-15(18)21)19(23)22-16-8-5-6-9-17(16)24-2/h5-6,8-9,11-12H,3-4,7,10H2,1-2H3,(H,22,23). The van der Waals surface area contributed by atoms with Gasteiger partial charge in [-0.05, 0) is 30.7 Å². The number of para-hydroxylation sites is 2. The molecule has 25 heavy (non-hydrogen) atoms. The molecule has 0 bridgehead atoms. The molecule has 0 saturated heterocycles. The van der Waals surface area contributed by atoms with Gasteiger partial charge in [-0.3, -0.25) is 4.79 Å². The second-order valence-electron chi connectivity index (χ2n) is 5.48. The Morgan fingerprint density at radius 2 is 1.80 bits per heavy atom. The molecule has 4 nitrogen and oxygen atoms in total. The van der Waals surface area contributed by atoms with Crippen molar-refractivity contribution in [2.45, 2.75) is 26.2 Å². The summed E-state index contributed by atoms with van der Waals surface area (Å²) in [6.07, 6.45) is 3.11. The third kappa shape index (κ3) is 5.28. The lowest BCUT2D eigenvalue weighted by atomic mass is 10.2.